The molecule has 0 saturated heterocycles. The fourth-order valence-electron chi connectivity index (χ4n) is 4.00. The zero-order chi connectivity index (χ0) is 14.7. The van der Waals surface area contributed by atoms with Gasteiger partial charge in [0, 0.05) is 24.4 Å². The number of hydrogen-bond acceptors (Lipinski definition) is 3. The highest BCUT2D eigenvalue weighted by atomic mass is 16.3. The van der Waals surface area contributed by atoms with Crippen molar-refractivity contribution in [2.45, 2.75) is 51.0 Å². The van der Waals surface area contributed by atoms with Gasteiger partial charge in [-0.2, -0.15) is 0 Å². The molecule has 4 heteroatoms. The van der Waals surface area contributed by atoms with E-state index in [0.29, 0.717) is 24.5 Å². The third-order valence-electron chi connectivity index (χ3n) is 5.26. The fourth-order valence-corrected chi connectivity index (χ4v) is 4.00. The largest absolute Gasteiger partial charge is 0.396 e. The van der Waals surface area contributed by atoms with Gasteiger partial charge in [-0.1, -0.05) is 18.9 Å². The molecule has 0 spiro atoms. The smallest absolute Gasteiger partial charge is 0.248 e. The standard InChI is InChI=1S/C17H26N2O2/c20-11-13-5-2-1-4-12(13)10-18-15-6-3-7-16-14(15)8-9-17(21)19-16/h8-9,12-13,15,18,20H,1-7,10-11H2,(H,19,21). The molecule has 0 bridgehead atoms. The van der Waals surface area contributed by atoms with Gasteiger partial charge in [-0.05, 0) is 56.0 Å². The second-order valence-electron chi connectivity index (χ2n) is 6.60. The number of aryl methyl sites for hydroxylation is 1. The number of aliphatic hydroxyl groups is 1. The zero-order valence-corrected chi connectivity index (χ0v) is 12.6. The van der Waals surface area contributed by atoms with E-state index in [9.17, 15) is 9.90 Å². The van der Waals surface area contributed by atoms with Gasteiger partial charge < -0.3 is 15.4 Å². The number of aliphatic hydroxyl groups excluding tert-OH is 1. The van der Waals surface area contributed by atoms with Crippen molar-refractivity contribution < 1.29 is 5.11 Å². The second-order valence-corrected chi connectivity index (χ2v) is 6.60. The summed E-state index contributed by atoms with van der Waals surface area (Å²) in [5, 5.41) is 13.2. The molecule has 0 radical (unpaired) electrons. The van der Waals surface area contributed by atoms with E-state index in [2.05, 4.69) is 10.3 Å². The number of pyridine rings is 1. The normalized spacial score (nSPS) is 29.1. The Morgan fingerprint density at radius 1 is 1.14 bits per heavy atom. The van der Waals surface area contributed by atoms with Crippen LogP contribution in [-0.4, -0.2) is 23.2 Å². The summed E-state index contributed by atoms with van der Waals surface area (Å²) in [6.07, 6.45) is 8.17. The quantitative estimate of drug-likeness (QED) is 0.796. The third-order valence-corrected chi connectivity index (χ3v) is 5.26. The van der Waals surface area contributed by atoms with Crippen molar-refractivity contribution >= 4 is 0 Å². The van der Waals surface area contributed by atoms with Crippen LogP contribution in [0.15, 0.2) is 16.9 Å². The molecule has 0 amide bonds. The third kappa shape index (κ3) is 3.38. The van der Waals surface area contributed by atoms with Crippen molar-refractivity contribution in [3.63, 3.8) is 0 Å². The van der Waals surface area contributed by atoms with Crippen LogP contribution in [0.1, 0.15) is 55.8 Å². The molecule has 1 aromatic heterocycles. The summed E-state index contributed by atoms with van der Waals surface area (Å²) in [7, 11) is 0. The highest BCUT2D eigenvalue weighted by molar-refractivity contribution is 5.26. The van der Waals surface area contributed by atoms with E-state index in [1.807, 2.05) is 6.07 Å². The Hall–Kier alpha value is -1.13. The van der Waals surface area contributed by atoms with Crippen molar-refractivity contribution in [3.8, 4) is 0 Å². The maximum atomic E-state index is 11.4. The Labute approximate surface area is 126 Å². The number of H-pyrrole nitrogens is 1. The number of fused-ring (bicyclic) bond motifs is 1. The molecular formula is C17H26N2O2. The first-order valence-corrected chi connectivity index (χ1v) is 8.34. The lowest BCUT2D eigenvalue weighted by molar-refractivity contribution is 0.130. The van der Waals surface area contributed by atoms with E-state index in [1.165, 1.54) is 24.8 Å². The van der Waals surface area contributed by atoms with Crippen LogP contribution in [0.25, 0.3) is 0 Å². The Kier molecular flexibility index (Phi) is 4.76. The van der Waals surface area contributed by atoms with E-state index in [0.717, 1.165) is 37.9 Å². The Morgan fingerprint density at radius 3 is 2.76 bits per heavy atom. The first-order valence-electron chi connectivity index (χ1n) is 8.34. The maximum absolute atomic E-state index is 11.4. The Balaban J connectivity index is 1.65. The molecule has 3 N–H and O–H groups in total. The first kappa shape index (κ1) is 14.8. The van der Waals surface area contributed by atoms with Crippen LogP contribution in [0.5, 0.6) is 0 Å². The minimum absolute atomic E-state index is 0.00188. The van der Waals surface area contributed by atoms with E-state index in [1.54, 1.807) is 6.07 Å². The lowest BCUT2D eigenvalue weighted by atomic mass is 9.79. The minimum Gasteiger partial charge on any atom is -0.396 e. The number of rotatable bonds is 4. The van der Waals surface area contributed by atoms with Gasteiger partial charge in [-0.15, -0.1) is 0 Å². The number of aromatic amines is 1. The minimum atomic E-state index is 0.00188. The average Bonchev–Trinajstić information content (AvgIpc) is 2.52. The summed E-state index contributed by atoms with van der Waals surface area (Å²) >= 11 is 0. The van der Waals surface area contributed by atoms with Crippen molar-refractivity contribution in [1.82, 2.24) is 10.3 Å². The summed E-state index contributed by atoms with van der Waals surface area (Å²) < 4.78 is 0. The summed E-state index contributed by atoms with van der Waals surface area (Å²) in [5.74, 6) is 1.06. The van der Waals surface area contributed by atoms with Crippen LogP contribution in [0.4, 0.5) is 0 Å². The molecule has 1 saturated carbocycles. The van der Waals surface area contributed by atoms with Crippen molar-refractivity contribution in [3.05, 3.63) is 33.7 Å². The lowest BCUT2D eigenvalue weighted by Gasteiger charge is -2.33. The first-order chi connectivity index (χ1) is 10.3. The highest BCUT2D eigenvalue weighted by Gasteiger charge is 2.26. The van der Waals surface area contributed by atoms with E-state index in [-0.39, 0.29) is 5.56 Å². The highest BCUT2D eigenvalue weighted by Crippen LogP contribution is 2.31. The Morgan fingerprint density at radius 2 is 1.95 bits per heavy atom. The molecule has 1 fully saturated rings. The van der Waals surface area contributed by atoms with Gasteiger partial charge in [0.05, 0.1) is 0 Å². The van der Waals surface area contributed by atoms with Crippen molar-refractivity contribution in [2.24, 2.45) is 11.8 Å². The van der Waals surface area contributed by atoms with Gasteiger partial charge in [0.15, 0.2) is 0 Å². The molecule has 3 unspecified atom stereocenters. The molecule has 116 valence electrons. The van der Waals surface area contributed by atoms with E-state index in [4.69, 9.17) is 0 Å². The molecule has 3 atom stereocenters. The number of hydrogen-bond donors (Lipinski definition) is 3. The van der Waals surface area contributed by atoms with Gasteiger partial charge in [0.2, 0.25) is 5.56 Å². The van der Waals surface area contributed by atoms with Gasteiger partial charge >= 0.3 is 0 Å². The molecule has 2 aliphatic carbocycles. The van der Waals surface area contributed by atoms with Crippen LogP contribution in [0.2, 0.25) is 0 Å². The molecule has 3 rings (SSSR count). The summed E-state index contributed by atoms with van der Waals surface area (Å²) in [6.45, 7) is 1.30. The monoisotopic (exact) mass is 290 g/mol. The summed E-state index contributed by atoms with van der Waals surface area (Å²) in [4.78, 5) is 14.4. The predicted octanol–water partition coefficient (Wildman–Crippen LogP) is 2.14. The molecular weight excluding hydrogens is 264 g/mol. The molecule has 0 aromatic carbocycles. The predicted molar refractivity (Wildman–Crippen MR) is 83.3 cm³/mol. The van der Waals surface area contributed by atoms with Crippen molar-refractivity contribution in [2.75, 3.05) is 13.2 Å². The average molecular weight is 290 g/mol. The molecule has 4 nitrogen and oxygen atoms in total. The topological polar surface area (TPSA) is 65.1 Å². The number of nitrogens with one attached hydrogen (secondary N) is 2. The van der Waals surface area contributed by atoms with Gasteiger partial charge in [-0.25, -0.2) is 0 Å². The fraction of sp³-hybridized carbons (Fsp3) is 0.706. The second kappa shape index (κ2) is 6.75. The maximum Gasteiger partial charge on any atom is 0.248 e. The van der Waals surface area contributed by atoms with E-state index >= 15 is 0 Å². The molecule has 2 aliphatic rings. The Bertz CT molecular complexity index is 526. The number of aromatic nitrogens is 1. The molecule has 0 aliphatic heterocycles. The van der Waals surface area contributed by atoms with E-state index < -0.39 is 0 Å². The van der Waals surface area contributed by atoms with Crippen LogP contribution in [0.3, 0.4) is 0 Å². The zero-order valence-electron chi connectivity index (χ0n) is 12.6. The van der Waals surface area contributed by atoms with Crippen LogP contribution >= 0.6 is 0 Å². The summed E-state index contributed by atoms with van der Waals surface area (Å²) in [5.41, 5.74) is 2.37. The summed E-state index contributed by atoms with van der Waals surface area (Å²) in [6, 6.07) is 3.97. The molecule has 1 aromatic rings. The van der Waals surface area contributed by atoms with Gasteiger partial charge in [0.25, 0.3) is 0 Å². The van der Waals surface area contributed by atoms with Gasteiger partial charge in [-0.3, -0.25) is 4.79 Å². The van der Waals surface area contributed by atoms with Crippen LogP contribution < -0.4 is 10.9 Å². The lowest BCUT2D eigenvalue weighted by Crippen LogP contribution is -2.35. The van der Waals surface area contributed by atoms with Gasteiger partial charge in [0.1, 0.15) is 0 Å². The molecule has 21 heavy (non-hydrogen) atoms. The van der Waals surface area contributed by atoms with Crippen molar-refractivity contribution in [1.29, 1.82) is 0 Å². The SMILES string of the molecule is O=c1ccc2c([nH]1)CCCC2NCC1CCCCC1CO. The molecule has 1 heterocycles. The van der Waals surface area contributed by atoms with Crippen LogP contribution in [-0.2, 0) is 6.42 Å². The van der Waals surface area contributed by atoms with Crippen LogP contribution in [0, 0.1) is 11.8 Å².